The van der Waals surface area contributed by atoms with Gasteiger partial charge in [-0.3, -0.25) is 4.79 Å². The molecule has 0 saturated carbocycles. The quantitative estimate of drug-likeness (QED) is 0.682. The Morgan fingerprint density at radius 1 is 1.47 bits per heavy atom. The predicted molar refractivity (Wildman–Crippen MR) is 63.5 cm³/mol. The molecule has 1 amide bonds. The van der Waals surface area contributed by atoms with Gasteiger partial charge >= 0.3 is 0 Å². The molecule has 0 aromatic rings. The van der Waals surface area contributed by atoms with Crippen LogP contribution in [-0.2, 0) is 9.53 Å². The van der Waals surface area contributed by atoms with Gasteiger partial charge in [-0.05, 0) is 19.4 Å². The summed E-state index contributed by atoms with van der Waals surface area (Å²) in [6.45, 7) is 6.81. The Balaban J connectivity index is 2.01. The zero-order valence-corrected chi connectivity index (χ0v) is 10.6. The number of carbonyl (C=O) groups excluding carboxylic acids is 1. The van der Waals surface area contributed by atoms with Crippen molar-refractivity contribution in [3.8, 4) is 0 Å². The minimum atomic E-state index is -0.222. The summed E-state index contributed by atoms with van der Waals surface area (Å²) >= 11 is 0. The van der Waals surface area contributed by atoms with Crippen molar-refractivity contribution in [3.05, 3.63) is 0 Å². The number of morpholine rings is 1. The predicted octanol–water partition coefficient (Wildman–Crippen LogP) is -0.550. The van der Waals surface area contributed by atoms with E-state index in [1.807, 2.05) is 11.8 Å². The van der Waals surface area contributed by atoms with Crippen molar-refractivity contribution in [2.45, 2.75) is 26.0 Å². The van der Waals surface area contributed by atoms with Crippen LogP contribution in [0.25, 0.3) is 0 Å². The number of nitrogens with zero attached hydrogens (tertiary/aromatic N) is 1. The third-order valence-electron chi connectivity index (χ3n) is 3.83. The second kappa shape index (κ2) is 5.33. The monoisotopic (exact) mass is 242 g/mol. The Morgan fingerprint density at radius 3 is 2.82 bits per heavy atom. The molecule has 0 aliphatic carbocycles. The van der Waals surface area contributed by atoms with E-state index in [1.165, 1.54) is 0 Å². The molecule has 5 heteroatoms. The van der Waals surface area contributed by atoms with E-state index in [2.05, 4.69) is 12.2 Å². The first kappa shape index (κ1) is 12.8. The largest absolute Gasteiger partial charge is 0.394 e. The molecule has 5 nitrogen and oxygen atoms in total. The molecule has 0 radical (unpaired) electrons. The summed E-state index contributed by atoms with van der Waals surface area (Å²) in [7, 11) is 0. The highest BCUT2D eigenvalue weighted by Crippen LogP contribution is 2.22. The van der Waals surface area contributed by atoms with Gasteiger partial charge in [-0.15, -0.1) is 0 Å². The lowest BCUT2D eigenvalue weighted by Gasteiger charge is -2.39. The fourth-order valence-corrected chi connectivity index (χ4v) is 2.59. The molecule has 0 aromatic heterocycles. The first-order chi connectivity index (χ1) is 8.13. The molecule has 0 aromatic carbocycles. The molecule has 2 saturated heterocycles. The van der Waals surface area contributed by atoms with Crippen LogP contribution in [-0.4, -0.2) is 60.9 Å². The lowest BCUT2D eigenvalue weighted by atomic mass is 9.95. The Kier molecular flexibility index (Phi) is 4.01. The van der Waals surface area contributed by atoms with Crippen molar-refractivity contribution in [2.24, 2.45) is 11.8 Å². The Hall–Kier alpha value is -0.650. The molecule has 2 fully saturated rings. The zero-order valence-electron chi connectivity index (χ0n) is 10.6. The fourth-order valence-electron chi connectivity index (χ4n) is 2.59. The van der Waals surface area contributed by atoms with E-state index < -0.39 is 0 Å². The molecule has 2 rings (SSSR count). The number of aliphatic hydroxyl groups is 1. The third kappa shape index (κ3) is 2.61. The van der Waals surface area contributed by atoms with Crippen molar-refractivity contribution in [1.29, 1.82) is 0 Å². The molecular formula is C12H22N2O3. The third-order valence-corrected chi connectivity index (χ3v) is 3.83. The van der Waals surface area contributed by atoms with Gasteiger partial charge in [0, 0.05) is 13.1 Å². The summed E-state index contributed by atoms with van der Waals surface area (Å²) in [6, 6.07) is 0.109. The van der Waals surface area contributed by atoms with Gasteiger partial charge in [-0.2, -0.15) is 0 Å². The average molecular weight is 242 g/mol. The van der Waals surface area contributed by atoms with Crippen molar-refractivity contribution in [2.75, 3.05) is 32.8 Å². The highest BCUT2D eigenvalue weighted by molar-refractivity contribution is 5.80. The number of aliphatic hydroxyl groups excluding tert-OH is 1. The van der Waals surface area contributed by atoms with Crippen LogP contribution >= 0.6 is 0 Å². The number of hydrogen-bond donors (Lipinski definition) is 2. The number of amides is 1. The van der Waals surface area contributed by atoms with Gasteiger partial charge in [0.15, 0.2) is 0 Å². The SMILES string of the molecule is CC1COC(CO)CN1C(=O)[C@@H]1CNC[C@H]1C. The lowest BCUT2D eigenvalue weighted by Crippen LogP contribution is -2.54. The van der Waals surface area contributed by atoms with Gasteiger partial charge in [-0.25, -0.2) is 0 Å². The van der Waals surface area contributed by atoms with E-state index in [9.17, 15) is 4.79 Å². The smallest absolute Gasteiger partial charge is 0.227 e. The van der Waals surface area contributed by atoms with E-state index in [0.29, 0.717) is 19.1 Å². The van der Waals surface area contributed by atoms with Crippen molar-refractivity contribution in [1.82, 2.24) is 10.2 Å². The molecule has 2 heterocycles. The Labute approximate surface area is 102 Å². The van der Waals surface area contributed by atoms with E-state index in [4.69, 9.17) is 9.84 Å². The average Bonchev–Trinajstić information content (AvgIpc) is 2.75. The Morgan fingerprint density at radius 2 is 2.24 bits per heavy atom. The first-order valence-electron chi connectivity index (χ1n) is 6.37. The molecule has 4 atom stereocenters. The number of rotatable bonds is 2. The van der Waals surface area contributed by atoms with E-state index in [0.717, 1.165) is 13.1 Å². The summed E-state index contributed by atoms with van der Waals surface area (Å²) in [4.78, 5) is 14.3. The molecular weight excluding hydrogens is 220 g/mol. The van der Waals surface area contributed by atoms with E-state index >= 15 is 0 Å². The van der Waals surface area contributed by atoms with Gasteiger partial charge in [0.25, 0.3) is 0 Å². The summed E-state index contributed by atoms with van der Waals surface area (Å²) < 4.78 is 5.45. The highest BCUT2D eigenvalue weighted by atomic mass is 16.5. The second-order valence-corrected chi connectivity index (χ2v) is 5.22. The molecule has 17 heavy (non-hydrogen) atoms. The van der Waals surface area contributed by atoms with Gasteiger partial charge in [0.2, 0.25) is 5.91 Å². The first-order valence-corrected chi connectivity index (χ1v) is 6.37. The lowest BCUT2D eigenvalue weighted by molar-refractivity contribution is -0.150. The maximum atomic E-state index is 12.4. The minimum Gasteiger partial charge on any atom is -0.394 e. The number of hydrogen-bond acceptors (Lipinski definition) is 4. The molecule has 2 aliphatic rings. The van der Waals surface area contributed by atoms with E-state index in [1.54, 1.807) is 0 Å². The maximum Gasteiger partial charge on any atom is 0.227 e. The number of carbonyl (C=O) groups is 1. The standard InChI is InChI=1S/C12H22N2O3/c1-8-3-13-4-11(8)12(16)14-5-10(6-15)17-7-9(14)2/h8-11,13,15H,3-7H2,1-2H3/t8-,9?,10?,11-/m1/s1. The fraction of sp³-hybridized carbons (Fsp3) is 0.917. The Bertz CT molecular complexity index is 285. The van der Waals surface area contributed by atoms with Crippen LogP contribution in [0.1, 0.15) is 13.8 Å². The minimum absolute atomic E-state index is 0.0189. The molecule has 0 spiro atoms. The molecule has 0 bridgehead atoms. The van der Waals surface area contributed by atoms with Crippen LogP contribution in [0, 0.1) is 11.8 Å². The second-order valence-electron chi connectivity index (χ2n) is 5.22. The topological polar surface area (TPSA) is 61.8 Å². The van der Waals surface area contributed by atoms with Gasteiger partial charge in [0.1, 0.15) is 0 Å². The van der Waals surface area contributed by atoms with Crippen molar-refractivity contribution < 1.29 is 14.6 Å². The van der Waals surface area contributed by atoms with Gasteiger partial charge < -0.3 is 20.1 Å². The van der Waals surface area contributed by atoms with Crippen molar-refractivity contribution >= 4 is 5.91 Å². The summed E-state index contributed by atoms with van der Waals surface area (Å²) in [5.41, 5.74) is 0. The van der Waals surface area contributed by atoms with Crippen LogP contribution in [0.15, 0.2) is 0 Å². The van der Waals surface area contributed by atoms with Crippen LogP contribution in [0.5, 0.6) is 0 Å². The maximum absolute atomic E-state index is 12.4. The van der Waals surface area contributed by atoms with Crippen LogP contribution in [0.3, 0.4) is 0 Å². The van der Waals surface area contributed by atoms with Gasteiger partial charge in [0.05, 0.1) is 31.3 Å². The molecule has 2 N–H and O–H groups in total. The normalized spacial score (nSPS) is 38.4. The summed E-state index contributed by atoms with van der Waals surface area (Å²) in [5.74, 6) is 0.678. The summed E-state index contributed by atoms with van der Waals surface area (Å²) in [6.07, 6.45) is -0.222. The number of nitrogens with one attached hydrogen (secondary N) is 1. The van der Waals surface area contributed by atoms with Crippen LogP contribution in [0.4, 0.5) is 0 Å². The molecule has 2 unspecified atom stereocenters. The van der Waals surface area contributed by atoms with Crippen LogP contribution < -0.4 is 5.32 Å². The molecule has 98 valence electrons. The molecule has 2 aliphatic heterocycles. The van der Waals surface area contributed by atoms with E-state index in [-0.39, 0.29) is 30.6 Å². The zero-order chi connectivity index (χ0) is 12.4. The van der Waals surface area contributed by atoms with Gasteiger partial charge in [-0.1, -0.05) is 6.92 Å². The highest BCUT2D eigenvalue weighted by Gasteiger charge is 2.37. The number of ether oxygens (including phenoxy) is 1. The van der Waals surface area contributed by atoms with Crippen LogP contribution in [0.2, 0.25) is 0 Å². The van der Waals surface area contributed by atoms with Crippen molar-refractivity contribution in [3.63, 3.8) is 0 Å². The summed E-state index contributed by atoms with van der Waals surface area (Å²) in [5, 5.41) is 12.4.